The summed E-state index contributed by atoms with van der Waals surface area (Å²) in [7, 11) is 0. The molecule has 1 aromatic heterocycles. The van der Waals surface area contributed by atoms with Crippen LogP contribution in [0.3, 0.4) is 0 Å². The summed E-state index contributed by atoms with van der Waals surface area (Å²) in [6.07, 6.45) is 0. The Morgan fingerprint density at radius 3 is 3.11 bits per heavy atom. The highest BCUT2D eigenvalue weighted by molar-refractivity contribution is 8.06. The molecule has 96 valence electrons. The Labute approximate surface area is 119 Å². The Kier molecular flexibility index (Phi) is 3.63. The van der Waals surface area contributed by atoms with E-state index in [4.69, 9.17) is 17.3 Å². The third-order valence-electron chi connectivity index (χ3n) is 3.01. The lowest BCUT2D eigenvalue weighted by molar-refractivity contribution is 0.724. The molecule has 6 heteroatoms. The van der Waals surface area contributed by atoms with Gasteiger partial charge in [0.1, 0.15) is 0 Å². The van der Waals surface area contributed by atoms with Crippen LogP contribution >= 0.6 is 35.1 Å². The highest BCUT2D eigenvalue weighted by Crippen LogP contribution is 2.28. The summed E-state index contributed by atoms with van der Waals surface area (Å²) in [6, 6.07) is 5.72. The minimum absolute atomic E-state index is 0.587. The number of nitrogens with zero attached hydrogens (tertiary/aromatic N) is 2. The fraction of sp³-hybridized carbons (Fsp3) is 0.417. The molecule has 1 saturated heterocycles. The van der Waals surface area contributed by atoms with Gasteiger partial charge in [-0.2, -0.15) is 23.5 Å². The zero-order valence-corrected chi connectivity index (χ0v) is 12.2. The van der Waals surface area contributed by atoms with Gasteiger partial charge in [-0.3, -0.25) is 0 Å². The molecule has 1 fully saturated rings. The van der Waals surface area contributed by atoms with Gasteiger partial charge in [-0.25, -0.2) is 4.98 Å². The number of imidazole rings is 1. The van der Waals surface area contributed by atoms with Gasteiger partial charge in [-0.1, -0.05) is 11.6 Å². The lowest BCUT2D eigenvalue weighted by atomic mass is 10.3. The SMILES string of the molecule is Nc1nc2ccc(Cl)cc2n1CC1CSCCS1. The Bertz CT molecular complexity index is 564. The zero-order chi connectivity index (χ0) is 12.5. The van der Waals surface area contributed by atoms with E-state index >= 15 is 0 Å². The molecule has 2 aromatic rings. The second-order valence-corrected chi connectivity index (χ2v) is 7.28. The monoisotopic (exact) mass is 299 g/mol. The topological polar surface area (TPSA) is 43.8 Å². The number of nitrogen functional groups attached to an aromatic ring is 1. The number of nitrogens with two attached hydrogens (primary N) is 1. The molecule has 2 N–H and O–H groups in total. The number of halogens is 1. The maximum atomic E-state index is 6.05. The summed E-state index contributed by atoms with van der Waals surface area (Å²) in [5, 5.41) is 1.34. The van der Waals surface area contributed by atoms with Crippen LogP contribution in [0.4, 0.5) is 5.95 Å². The zero-order valence-electron chi connectivity index (χ0n) is 9.80. The van der Waals surface area contributed by atoms with E-state index < -0.39 is 0 Å². The second kappa shape index (κ2) is 5.23. The molecular weight excluding hydrogens is 286 g/mol. The number of hydrogen-bond donors (Lipinski definition) is 1. The predicted molar refractivity (Wildman–Crippen MR) is 82.7 cm³/mol. The maximum absolute atomic E-state index is 6.05. The van der Waals surface area contributed by atoms with Crippen molar-refractivity contribution in [3.8, 4) is 0 Å². The average Bonchev–Trinajstić information content (AvgIpc) is 2.67. The Hall–Kier alpha value is -0.520. The smallest absolute Gasteiger partial charge is 0.201 e. The van der Waals surface area contributed by atoms with E-state index in [1.54, 1.807) is 0 Å². The van der Waals surface area contributed by atoms with E-state index in [9.17, 15) is 0 Å². The highest BCUT2D eigenvalue weighted by Gasteiger charge is 2.18. The summed E-state index contributed by atoms with van der Waals surface area (Å²) in [4.78, 5) is 4.39. The molecule has 3 nitrogen and oxygen atoms in total. The fourth-order valence-electron chi connectivity index (χ4n) is 2.15. The quantitative estimate of drug-likeness (QED) is 0.925. The summed E-state index contributed by atoms with van der Waals surface area (Å²) < 4.78 is 2.09. The molecular formula is C12H14ClN3S2. The van der Waals surface area contributed by atoms with Crippen LogP contribution < -0.4 is 5.73 Å². The van der Waals surface area contributed by atoms with E-state index in [-0.39, 0.29) is 0 Å². The third-order valence-corrected chi connectivity index (χ3v) is 6.07. The number of anilines is 1. The number of fused-ring (bicyclic) bond motifs is 1. The molecule has 18 heavy (non-hydrogen) atoms. The standard InChI is InChI=1S/C12H14ClN3S2/c13-8-1-2-10-11(5-8)16(12(14)15-10)6-9-7-17-3-4-18-9/h1-2,5,9H,3-4,6-7H2,(H2,14,15). The van der Waals surface area contributed by atoms with Crippen LogP contribution in [0, 0.1) is 0 Å². The van der Waals surface area contributed by atoms with E-state index in [1.165, 1.54) is 17.3 Å². The second-order valence-electron chi connectivity index (χ2n) is 4.28. The van der Waals surface area contributed by atoms with E-state index in [1.807, 2.05) is 41.7 Å². The molecule has 0 aliphatic carbocycles. The Morgan fingerprint density at radius 1 is 1.44 bits per heavy atom. The van der Waals surface area contributed by atoms with Crippen LogP contribution in [0.15, 0.2) is 18.2 Å². The van der Waals surface area contributed by atoms with E-state index in [2.05, 4.69) is 9.55 Å². The molecule has 0 saturated carbocycles. The van der Waals surface area contributed by atoms with Gasteiger partial charge in [-0.15, -0.1) is 0 Å². The highest BCUT2D eigenvalue weighted by atomic mass is 35.5. The molecule has 1 aliphatic heterocycles. The van der Waals surface area contributed by atoms with Gasteiger partial charge in [0.15, 0.2) is 0 Å². The maximum Gasteiger partial charge on any atom is 0.201 e. The van der Waals surface area contributed by atoms with Crippen LogP contribution in [-0.4, -0.2) is 32.1 Å². The van der Waals surface area contributed by atoms with Crippen LogP contribution in [0.5, 0.6) is 0 Å². The van der Waals surface area contributed by atoms with Crippen LogP contribution in [0.1, 0.15) is 0 Å². The minimum Gasteiger partial charge on any atom is -0.369 e. The van der Waals surface area contributed by atoms with Crippen molar-refractivity contribution in [2.75, 3.05) is 23.0 Å². The first-order valence-electron chi connectivity index (χ1n) is 5.84. The lowest BCUT2D eigenvalue weighted by Gasteiger charge is -2.22. The number of aromatic nitrogens is 2. The molecule has 0 radical (unpaired) electrons. The van der Waals surface area contributed by atoms with Gasteiger partial charge in [0.2, 0.25) is 5.95 Å². The van der Waals surface area contributed by atoms with Crippen molar-refractivity contribution in [2.24, 2.45) is 0 Å². The molecule has 1 unspecified atom stereocenters. The van der Waals surface area contributed by atoms with Gasteiger partial charge < -0.3 is 10.3 Å². The van der Waals surface area contributed by atoms with Gasteiger partial charge >= 0.3 is 0 Å². The fourth-order valence-corrected chi connectivity index (χ4v) is 4.97. The summed E-state index contributed by atoms with van der Waals surface area (Å²) in [5.74, 6) is 4.25. The van der Waals surface area contributed by atoms with Crippen molar-refractivity contribution in [1.29, 1.82) is 0 Å². The van der Waals surface area contributed by atoms with Crippen LogP contribution in [0.25, 0.3) is 11.0 Å². The first-order valence-corrected chi connectivity index (χ1v) is 8.43. The minimum atomic E-state index is 0.587. The Balaban J connectivity index is 1.94. The molecule has 3 rings (SSSR count). The summed E-state index contributed by atoms with van der Waals surface area (Å²) >= 11 is 10.1. The van der Waals surface area contributed by atoms with Crippen molar-refractivity contribution in [2.45, 2.75) is 11.8 Å². The molecule has 1 atom stereocenters. The molecule has 2 heterocycles. The first kappa shape index (κ1) is 12.5. The van der Waals surface area contributed by atoms with E-state index in [0.29, 0.717) is 11.2 Å². The predicted octanol–water partition coefficient (Wildman–Crippen LogP) is 3.12. The molecule has 0 spiro atoms. The lowest BCUT2D eigenvalue weighted by Crippen LogP contribution is -2.21. The average molecular weight is 300 g/mol. The Morgan fingerprint density at radius 2 is 2.33 bits per heavy atom. The number of thioether (sulfide) groups is 2. The van der Waals surface area contributed by atoms with Gasteiger partial charge in [0.05, 0.1) is 11.0 Å². The van der Waals surface area contributed by atoms with E-state index in [0.717, 1.165) is 22.6 Å². The molecule has 0 bridgehead atoms. The number of rotatable bonds is 2. The van der Waals surface area contributed by atoms with Gasteiger partial charge in [-0.05, 0) is 18.2 Å². The van der Waals surface area contributed by atoms with Crippen LogP contribution in [0.2, 0.25) is 5.02 Å². The molecule has 1 aliphatic rings. The largest absolute Gasteiger partial charge is 0.369 e. The van der Waals surface area contributed by atoms with Crippen molar-refractivity contribution >= 4 is 52.1 Å². The van der Waals surface area contributed by atoms with Crippen LogP contribution in [-0.2, 0) is 6.54 Å². The normalized spacial score (nSPS) is 20.4. The first-order chi connectivity index (χ1) is 8.74. The third kappa shape index (κ3) is 2.44. The molecule has 1 aromatic carbocycles. The van der Waals surface area contributed by atoms with Crippen molar-refractivity contribution < 1.29 is 0 Å². The summed E-state index contributed by atoms with van der Waals surface area (Å²) in [5.41, 5.74) is 7.97. The number of benzene rings is 1. The van der Waals surface area contributed by atoms with Crippen molar-refractivity contribution in [3.63, 3.8) is 0 Å². The van der Waals surface area contributed by atoms with Gasteiger partial charge in [0, 0.05) is 34.1 Å². The van der Waals surface area contributed by atoms with Gasteiger partial charge in [0.25, 0.3) is 0 Å². The molecule has 0 amide bonds. The summed E-state index contributed by atoms with van der Waals surface area (Å²) in [6.45, 7) is 0.917. The van der Waals surface area contributed by atoms with Crippen molar-refractivity contribution in [1.82, 2.24) is 9.55 Å². The number of hydrogen-bond acceptors (Lipinski definition) is 4. The van der Waals surface area contributed by atoms with Crippen molar-refractivity contribution in [3.05, 3.63) is 23.2 Å².